The maximum absolute atomic E-state index is 12.4. The van der Waals surface area contributed by atoms with Crippen LogP contribution >= 0.6 is 0 Å². The minimum atomic E-state index is -0.293. The number of carbonyl (C=O) groups is 1. The van der Waals surface area contributed by atoms with E-state index in [0.29, 0.717) is 17.1 Å². The highest BCUT2D eigenvalue weighted by Gasteiger charge is 2.10. The molecule has 3 rings (SSSR count). The Morgan fingerprint density at radius 2 is 1.69 bits per heavy atom. The van der Waals surface area contributed by atoms with Gasteiger partial charge in [-0.2, -0.15) is 0 Å². The van der Waals surface area contributed by atoms with E-state index in [1.54, 1.807) is 56.8 Å². The highest BCUT2D eigenvalue weighted by atomic mass is 16.5. The molecular weight excluding hydrogens is 330 g/mol. The van der Waals surface area contributed by atoms with Crippen molar-refractivity contribution in [2.24, 2.45) is 0 Å². The number of nitrogens with one attached hydrogen (secondary N) is 2. The molecule has 1 heterocycles. The highest BCUT2D eigenvalue weighted by molar-refractivity contribution is 6.03. The molecule has 0 aliphatic rings. The number of anilines is 3. The average molecular weight is 349 g/mol. The lowest BCUT2D eigenvalue weighted by atomic mass is 10.2. The fraction of sp³-hybridized carbons (Fsp3) is 0.100. The molecule has 0 aliphatic carbocycles. The third-order valence-electron chi connectivity index (χ3n) is 3.73. The minimum absolute atomic E-state index is 0.293. The molecule has 0 aliphatic heterocycles. The molecule has 6 nitrogen and oxygen atoms in total. The van der Waals surface area contributed by atoms with Crippen molar-refractivity contribution in [2.75, 3.05) is 24.9 Å². The Hall–Kier alpha value is -3.54. The quantitative estimate of drug-likeness (QED) is 0.701. The van der Waals surface area contributed by atoms with Crippen molar-refractivity contribution in [2.45, 2.75) is 0 Å². The van der Waals surface area contributed by atoms with Crippen molar-refractivity contribution in [3.05, 3.63) is 72.6 Å². The van der Waals surface area contributed by atoms with Gasteiger partial charge in [-0.15, -0.1) is 0 Å². The summed E-state index contributed by atoms with van der Waals surface area (Å²) < 4.78 is 10.4. The van der Waals surface area contributed by atoms with E-state index in [4.69, 9.17) is 9.47 Å². The lowest BCUT2D eigenvalue weighted by Gasteiger charge is -2.11. The predicted molar refractivity (Wildman–Crippen MR) is 101 cm³/mol. The normalized spacial score (nSPS) is 10.1. The van der Waals surface area contributed by atoms with Gasteiger partial charge in [0.15, 0.2) is 0 Å². The summed E-state index contributed by atoms with van der Waals surface area (Å²) in [5.74, 6) is 1.15. The number of para-hydroxylation sites is 2. The molecular formula is C20H19N3O3. The molecule has 0 spiro atoms. The van der Waals surface area contributed by atoms with Crippen LogP contribution in [0.5, 0.6) is 11.5 Å². The number of methoxy groups -OCH3 is 2. The monoisotopic (exact) mass is 349 g/mol. The molecule has 3 aromatic rings. The van der Waals surface area contributed by atoms with Crippen molar-refractivity contribution < 1.29 is 14.3 Å². The largest absolute Gasteiger partial charge is 0.497 e. The van der Waals surface area contributed by atoms with Gasteiger partial charge in [0.1, 0.15) is 17.2 Å². The zero-order valence-corrected chi connectivity index (χ0v) is 14.5. The van der Waals surface area contributed by atoms with Gasteiger partial charge in [-0.05, 0) is 48.5 Å². The summed E-state index contributed by atoms with van der Waals surface area (Å²) in [6.45, 7) is 0. The van der Waals surface area contributed by atoms with Crippen molar-refractivity contribution in [3.8, 4) is 11.5 Å². The van der Waals surface area contributed by atoms with Gasteiger partial charge in [0.05, 0.1) is 19.9 Å². The van der Waals surface area contributed by atoms with E-state index in [1.165, 1.54) is 0 Å². The Bertz CT molecular complexity index is 895. The Morgan fingerprint density at radius 3 is 2.42 bits per heavy atom. The first-order valence-corrected chi connectivity index (χ1v) is 8.01. The number of hydrogen-bond acceptors (Lipinski definition) is 5. The molecule has 0 bridgehead atoms. The fourth-order valence-electron chi connectivity index (χ4n) is 2.41. The second-order valence-electron chi connectivity index (χ2n) is 5.44. The molecule has 0 atom stereocenters. The summed E-state index contributed by atoms with van der Waals surface area (Å²) >= 11 is 0. The van der Waals surface area contributed by atoms with Crippen LogP contribution in [0.4, 0.5) is 17.1 Å². The number of nitrogens with zero attached hydrogens (tertiary/aromatic N) is 1. The van der Waals surface area contributed by atoms with E-state index in [0.717, 1.165) is 17.1 Å². The van der Waals surface area contributed by atoms with E-state index in [9.17, 15) is 4.79 Å². The van der Waals surface area contributed by atoms with Gasteiger partial charge in [-0.25, -0.2) is 0 Å². The molecule has 2 N–H and O–H groups in total. The molecule has 0 unspecified atom stereocenters. The molecule has 6 heteroatoms. The molecule has 1 amide bonds. The third-order valence-corrected chi connectivity index (χ3v) is 3.73. The number of amides is 1. The van der Waals surface area contributed by atoms with E-state index in [2.05, 4.69) is 15.6 Å². The zero-order valence-electron chi connectivity index (χ0n) is 14.5. The number of rotatable bonds is 6. The van der Waals surface area contributed by atoms with Gasteiger partial charge in [0.2, 0.25) is 0 Å². The Kier molecular flexibility index (Phi) is 5.34. The zero-order chi connectivity index (χ0) is 18.4. The molecule has 2 aromatic carbocycles. The first-order chi connectivity index (χ1) is 12.7. The van der Waals surface area contributed by atoms with Crippen LogP contribution in [-0.4, -0.2) is 25.1 Å². The molecule has 0 fully saturated rings. The first-order valence-electron chi connectivity index (χ1n) is 8.01. The van der Waals surface area contributed by atoms with Gasteiger partial charge in [-0.3, -0.25) is 9.78 Å². The number of ether oxygens (including phenoxy) is 2. The van der Waals surface area contributed by atoms with Gasteiger partial charge in [0.25, 0.3) is 5.91 Å². The lowest BCUT2D eigenvalue weighted by Crippen LogP contribution is -2.13. The van der Waals surface area contributed by atoms with Gasteiger partial charge in [0, 0.05) is 17.6 Å². The summed E-state index contributed by atoms with van der Waals surface area (Å²) in [6.07, 6.45) is 1.58. The SMILES string of the molecule is COc1ccc(NC(=O)c2cc(Nc3ccccc3OC)ccn2)cc1. The Labute approximate surface area is 151 Å². The maximum atomic E-state index is 12.4. The summed E-state index contributed by atoms with van der Waals surface area (Å²) in [7, 11) is 3.21. The summed E-state index contributed by atoms with van der Waals surface area (Å²) in [4.78, 5) is 16.6. The molecule has 0 saturated heterocycles. The summed E-state index contributed by atoms with van der Waals surface area (Å²) in [6, 6.07) is 18.1. The topological polar surface area (TPSA) is 72.5 Å². The van der Waals surface area contributed by atoms with Crippen LogP contribution in [-0.2, 0) is 0 Å². The van der Waals surface area contributed by atoms with Crippen LogP contribution in [0.25, 0.3) is 0 Å². The fourth-order valence-corrected chi connectivity index (χ4v) is 2.41. The molecule has 1 aromatic heterocycles. The van der Waals surface area contributed by atoms with E-state index < -0.39 is 0 Å². The molecule has 0 radical (unpaired) electrons. The van der Waals surface area contributed by atoms with E-state index >= 15 is 0 Å². The molecule has 0 saturated carbocycles. The molecule has 132 valence electrons. The van der Waals surface area contributed by atoms with Crippen LogP contribution in [0.2, 0.25) is 0 Å². The van der Waals surface area contributed by atoms with Gasteiger partial charge >= 0.3 is 0 Å². The van der Waals surface area contributed by atoms with Crippen molar-refractivity contribution in [1.82, 2.24) is 4.98 Å². The van der Waals surface area contributed by atoms with Crippen LogP contribution < -0.4 is 20.1 Å². The number of benzene rings is 2. The van der Waals surface area contributed by atoms with Crippen LogP contribution in [0.3, 0.4) is 0 Å². The average Bonchev–Trinajstić information content (AvgIpc) is 2.69. The van der Waals surface area contributed by atoms with Crippen molar-refractivity contribution >= 4 is 23.0 Å². The number of aromatic nitrogens is 1. The van der Waals surface area contributed by atoms with Gasteiger partial charge < -0.3 is 20.1 Å². The Balaban J connectivity index is 1.74. The van der Waals surface area contributed by atoms with Crippen LogP contribution in [0.15, 0.2) is 66.9 Å². The number of pyridine rings is 1. The van der Waals surface area contributed by atoms with E-state index in [1.807, 2.05) is 24.3 Å². The van der Waals surface area contributed by atoms with Crippen molar-refractivity contribution in [1.29, 1.82) is 0 Å². The second-order valence-corrected chi connectivity index (χ2v) is 5.44. The highest BCUT2D eigenvalue weighted by Crippen LogP contribution is 2.27. The third kappa shape index (κ3) is 4.10. The van der Waals surface area contributed by atoms with Crippen LogP contribution in [0, 0.1) is 0 Å². The van der Waals surface area contributed by atoms with Gasteiger partial charge in [-0.1, -0.05) is 12.1 Å². The maximum Gasteiger partial charge on any atom is 0.274 e. The first kappa shape index (κ1) is 17.3. The predicted octanol–water partition coefficient (Wildman–Crippen LogP) is 4.09. The van der Waals surface area contributed by atoms with E-state index in [-0.39, 0.29) is 5.91 Å². The minimum Gasteiger partial charge on any atom is -0.497 e. The van der Waals surface area contributed by atoms with Crippen molar-refractivity contribution in [3.63, 3.8) is 0 Å². The number of hydrogen-bond donors (Lipinski definition) is 2. The second kappa shape index (κ2) is 8.02. The van der Waals surface area contributed by atoms with Crippen LogP contribution in [0.1, 0.15) is 10.5 Å². The standard InChI is InChI=1S/C20H19N3O3/c1-25-16-9-7-14(8-10-16)23-20(24)18-13-15(11-12-21-18)22-17-5-3-4-6-19(17)26-2/h3-13H,1-2H3,(H,21,22)(H,23,24). The molecule has 26 heavy (non-hydrogen) atoms. The Morgan fingerprint density at radius 1 is 0.923 bits per heavy atom. The smallest absolute Gasteiger partial charge is 0.274 e. The number of carbonyl (C=O) groups excluding carboxylic acids is 1. The lowest BCUT2D eigenvalue weighted by molar-refractivity contribution is 0.102. The summed E-state index contributed by atoms with van der Waals surface area (Å²) in [5.41, 5.74) is 2.52. The summed E-state index contributed by atoms with van der Waals surface area (Å²) in [5, 5.41) is 6.05.